The van der Waals surface area contributed by atoms with Crippen LogP contribution in [-0.4, -0.2) is 46.0 Å². The van der Waals surface area contributed by atoms with Crippen LogP contribution in [0.2, 0.25) is 0 Å². The van der Waals surface area contributed by atoms with Gasteiger partial charge in [-0.05, 0) is 30.2 Å². The smallest absolute Gasteiger partial charge is 0.228 e. The summed E-state index contributed by atoms with van der Waals surface area (Å²) in [6.07, 6.45) is 5.28. The SMILES string of the molecule is CN=C(NCCc1ccc(-n2cccn2)cc1)NCCc1nc(C(C)C)no1. The summed E-state index contributed by atoms with van der Waals surface area (Å²) in [5, 5.41) is 14.8. The summed E-state index contributed by atoms with van der Waals surface area (Å²) in [6.45, 7) is 5.56. The molecule has 2 aromatic heterocycles. The molecule has 0 unspecified atom stereocenters. The summed E-state index contributed by atoms with van der Waals surface area (Å²) in [5.41, 5.74) is 2.31. The molecular weight excluding hydrogens is 354 g/mol. The van der Waals surface area contributed by atoms with Crippen molar-refractivity contribution < 1.29 is 4.52 Å². The van der Waals surface area contributed by atoms with Crippen LogP contribution in [0.1, 0.15) is 37.0 Å². The van der Waals surface area contributed by atoms with Crippen LogP contribution < -0.4 is 10.6 Å². The monoisotopic (exact) mass is 381 g/mol. The number of nitrogens with one attached hydrogen (secondary N) is 2. The number of guanidine groups is 1. The molecule has 0 aliphatic rings. The highest BCUT2D eigenvalue weighted by Gasteiger charge is 2.09. The fourth-order valence-corrected chi connectivity index (χ4v) is 2.67. The van der Waals surface area contributed by atoms with Crippen molar-refractivity contribution in [3.63, 3.8) is 0 Å². The fourth-order valence-electron chi connectivity index (χ4n) is 2.67. The number of hydrogen-bond acceptors (Lipinski definition) is 5. The summed E-state index contributed by atoms with van der Waals surface area (Å²) in [7, 11) is 1.76. The van der Waals surface area contributed by atoms with Crippen molar-refractivity contribution in [1.29, 1.82) is 0 Å². The second kappa shape index (κ2) is 9.68. The molecule has 148 valence electrons. The molecule has 28 heavy (non-hydrogen) atoms. The third-order valence-electron chi connectivity index (χ3n) is 4.27. The van der Waals surface area contributed by atoms with E-state index in [1.165, 1.54) is 5.56 Å². The van der Waals surface area contributed by atoms with Crippen molar-refractivity contribution in [2.75, 3.05) is 20.1 Å². The predicted octanol–water partition coefficient (Wildman–Crippen LogP) is 2.33. The molecule has 2 heterocycles. The number of aromatic nitrogens is 4. The van der Waals surface area contributed by atoms with Crippen molar-refractivity contribution in [3.05, 3.63) is 60.0 Å². The van der Waals surface area contributed by atoms with E-state index >= 15 is 0 Å². The molecule has 0 aliphatic carbocycles. The normalized spacial score (nSPS) is 11.8. The van der Waals surface area contributed by atoms with Crippen molar-refractivity contribution in [1.82, 2.24) is 30.6 Å². The maximum absolute atomic E-state index is 5.25. The van der Waals surface area contributed by atoms with E-state index in [-0.39, 0.29) is 5.92 Å². The lowest BCUT2D eigenvalue weighted by Crippen LogP contribution is -2.39. The molecule has 0 radical (unpaired) electrons. The first kappa shape index (κ1) is 19.6. The summed E-state index contributed by atoms with van der Waals surface area (Å²) in [4.78, 5) is 8.62. The average molecular weight is 381 g/mol. The topological polar surface area (TPSA) is 93.2 Å². The van der Waals surface area contributed by atoms with E-state index in [1.807, 2.05) is 30.8 Å². The van der Waals surface area contributed by atoms with Crippen LogP contribution in [0.4, 0.5) is 0 Å². The maximum atomic E-state index is 5.25. The van der Waals surface area contributed by atoms with Gasteiger partial charge in [0.15, 0.2) is 11.8 Å². The molecule has 0 bridgehead atoms. The van der Waals surface area contributed by atoms with Crippen molar-refractivity contribution in [2.24, 2.45) is 4.99 Å². The van der Waals surface area contributed by atoms with Gasteiger partial charge in [0.05, 0.1) is 5.69 Å². The second-order valence-corrected chi connectivity index (χ2v) is 6.74. The molecule has 8 heteroatoms. The van der Waals surface area contributed by atoms with Crippen LogP contribution in [0, 0.1) is 0 Å². The summed E-state index contributed by atoms with van der Waals surface area (Å²) in [6, 6.07) is 10.3. The molecule has 0 aliphatic heterocycles. The maximum Gasteiger partial charge on any atom is 0.228 e. The quantitative estimate of drug-likeness (QED) is 0.459. The Morgan fingerprint density at radius 2 is 1.89 bits per heavy atom. The first-order valence-corrected chi connectivity index (χ1v) is 9.51. The molecule has 0 atom stereocenters. The Bertz CT molecular complexity index is 866. The van der Waals surface area contributed by atoms with Gasteiger partial charge in [-0.15, -0.1) is 0 Å². The zero-order chi connectivity index (χ0) is 19.8. The first-order valence-electron chi connectivity index (χ1n) is 9.51. The Kier molecular flexibility index (Phi) is 6.78. The standard InChI is InChI=1S/C20H27N7O/c1-15(2)19-25-18(28-26-19)10-13-23-20(21-3)22-12-9-16-5-7-17(8-6-16)27-14-4-11-24-27/h4-8,11,14-15H,9-10,12-13H2,1-3H3,(H2,21,22,23). The van der Waals surface area contributed by atoms with E-state index < -0.39 is 0 Å². The van der Waals surface area contributed by atoms with Crippen molar-refractivity contribution in [2.45, 2.75) is 32.6 Å². The van der Waals surface area contributed by atoms with Crippen molar-refractivity contribution in [3.8, 4) is 5.69 Å². The molecule has 3 rings (SSSR count). The zero-order valence-electron chi connectivity index (χ0n) is 16.6. The Labute approximate surface area is 165 Å². The summed E-state index contributed by atoms with van der Waals surface area (Å²) in [5.74, 6) is 2.42. The number of nitrogens with zero attached hydrogens (tertiary/aromatic N) is 5. The summed E-state index contributed by atoms with van der Waals surface area (Å²) >= 11 is 0. The highest BCUT2D eigenvalue weighted by molar-refractivity contribution is 5.79. The third-order valence-corrected chi connectivity index (χ3v) is 4.27. The number of hydrogen-bond donors (Lipinski definition) is 2. The lowest BCUT2D eigenvalue weighted by Gasteiger charge is -2.11. The van der Waals surface area contributed by atoms with Crippen LogP contribution in [0.3, 0.4) is 0 Å². The summed E-state index contributed by atoms with van der Waals surface area (Å²) < 4.78 is 7.10. The van der Waals surface area contributed by atoms with E-state index in [4.69, 9.17) is 4.52 Å². The van der Waals surface area contributed by atoms with Gasteiger partial charge in [-0.25, -0.2) is 4.68 Å². The highest BCUT2D eigenvalue weighted by Crippen LogP contribution is 2.10. The Hall–Kier alpha value is -3.16. The van der Waals surface area contributed by atoms with Gasteiger partial charge in [-0.3, -0.25) is 4.99 Å². The molecule has 0 saturated carbocycles. The van der Waals surface area contributed by atoms with Gasteiger partial charge in [-0.2, -0.15) is 10.1 Å². The second-order valence-electron chi connectivity index (χ2n) is 6.74. The van der Waals surface area contributed by atoms with Gasteiger partial charge in [0.2, 0.25) is 5.89 Å². The average Bonchev–Trinajstić information content (AvgIpc) is 3.39. The van der Waals surface area contributed by atoms with Crippen LogP contribution >= 0.6 is 0 Å². The molecule has 1 aromatic carbocycles. The van der Waals surface area contributed by atoms with E-state index in [1.54, 1.807) is 13.2 Å². The van der Waals surface area contributed by atoms with Gasteiger partial charge >= 0.3 is 0 Å². The lowest BCUT2D eigenvalue weighted by molar-refractivity contribution is 0.371. The third kappa shape index (κ3) is 5.42. The lowest BCUT2D eigenvalue weighted by atomic mass is 10.1. The molecule has 2 N–H and O–H groups in total. The number of aliphatic imine (C=N–C) groups is 1. The predicted molar refractivity (Wildman–Crippen MR) is 109 cm³/mol. The Balaban J connectivity index is 1.39. The molecule has 0 fully saturated rings. The largest absolute Gasteiger partial charge is 0.356 e. The van der Waals surface area contributed by atoms with Crippen LogP contribution in [-0.2, 0) is 12.8 Å². The fraction of sp³-hybridized carbons (Fsp3) is 0.400. The molecular formula is C20H27N7O. The van der Waals surface area contributed by atoms with E-state index in [0.29, 0.717) is 18.9 Å². The molecule has 3 aromatic rings. The van der Waals surface area contributed by atoms with Gasteiger partial charge in [0.1, 0.15) is 0 Å². The minimum atomic E-state index is 0.272. The van der Waals surface area contributed by atoms with Gasteiger partial charge in [0, 0.05) is 44.9 Å². The molecule has 0 saturated heterocycles. The van der Waals surface area contributed by atoms with Gasteiger partial charge in [0.25, 0.3) is 0 Å². The number of benzene rings is 1. The minimum absolute atomic E-state index is 0.272. The van der Waals surface area contributed by atoms with Crippen molar-refractivity contribution >= 4 is 5.96 Å². The molecule has 0 spiro atoms. The number of rotatable bonds is 8. The Morgan fingerprint density at radius 3 is 2.50 bits per heavy atom. The van der Waals surface area contributed by atoms with E-state index in [2.05, 4.69) is 55.1 Å². The highest BCUT2D eigenvalue weighted by atomic mass is 16.5. The van der Waals surface area contributed by atoms with Crippen LogP contribution in [0.5, 0.6) is 0 Å². The first-order chi connectivity index (χ1) is 13.7. The van der Waals surface area contributed by atoms with E-state index in [9.17, 15) is 0 Å². The van der Waals surface area contributed by atoms with Crippen LogP contribution in [0.15, 0.2) is 52.2 Å². The van der Waals surface area contributed by atoms with Gasteiger partial charge < -0.3 is 15.2 Å². The minimum Gasteiger partial charge on any atom is -0.356 e. The zero-order valence-corrected chi connectivity index (χ0v) is 16.6. The van der Waals surface area contributed by atoms with Crippen LogP contribution in [0.25, 0.3) is 5.69 Å². The molecule has 8 nitrogen and oxygen atoms in total. The Morgan fingerprint density at radius 1 is 1.14 bits per heavy atom. The van der Waals surface area contributed by atoms with Gasteiger partial charge in [-0.1, -0.05) is 31.1 Å². The molecule has 0 amide bonds. The van der Waals surface area contributed by atoms with E-state index in [0.717, 1.165) is 30.4 Å².